The van der Waals surface area contributed by atoms with E-state index in [0.29, 0.717) is 0 Å². The molecule has 124 valence electrons. The standard InChI is InChI=1S/C20H34N2/c1-6-9-14-22(8-3)16-19-10-11-20(21-13-12-19)18(5)15-17(4)7-2/h7,10-11,15,21H,6,8-9,12-14,16H2,1-5H3/b17-7-,18-15-. The second-order valence-corrected chi connectivity index (χ2v) is 6.16. The fourth-order valence-corrected chi connectivity index (χ4v) is 2.62. The minimum Gasteiger partial charge on any atom is -0.385 e. The first kappa shape index (κ1) is 18.8. The third-order valence-corrected chi connectivity index (χ3v) is 4.27. The zero-order valence-electron chi connectivity index (χ0n) is 15.2. The molecule has 0 aliphatic carbocycles. The topological polar surface area (TPSA) is 15.3 Å². The molecule has 1 heterocycles. The lowest BCUT2D eigenvalue weighted by Crippen LogP contribution is -2.27. The zero-order chi connectivity index (χ0) is 16.4. The monoisotopic (exact) mass is 302 g/mol. The van der Waals surface area contributed by atoms with E-state index < -0.39 is 0 Å². The molecular formula is C20H34N2. The Bertz CT molecular complexity index is 452. The predicted octanol–water partition coefficient (Wildman–Crippen LogP) is 4.82. The van der Waals surface area contributed by atoms with Crippen LogP contribution in [-0.4, -0.2) is 31.1 Å². The quantitative estimate of drug-likeness (QED) is 0.646. The zero-order valence-corrected chi connectivity index (χ0v) is 15.2. The first-order chi connectivity index (χ1) is 10.6. The minimum atomic E-state index is 1.03. The smallest absolute Gasteiger partial charge is 0.0370 e. The van der Waals surface area contributed by atoms with Crippen molar-refractivity contribution in [2.24, 2.45) is 0 Å². The Morgan fingerprint density at radius 1 is 1.27 bits per heavy atom. The molecule has 1 rings (SSSR count). The van der Waals surface area contributed by atoms with E-state index in [4.69, 9.17) is 0 Å². The minimum absolute atomic E-state index is 1.03. The number of likely N-dealkylation sites (N-methyl/N-ethyl adjacent to an activating group) is 1. The second kappa shape index (κ2) is 10.4. The Morgan fingerprint density at radius 3 is 2.68 bits per heavy atom. The lowest BCUT2D eigenvalue weighted by atomic mass is 10.1. The van der Waals surface area contributed by atoms with E-state index >= 15 is 0 Å². The molecule has 0 fully saturated rings. The van der Waals surface area contributed by atoms with Gasteiger partial charge in [-0.25, -0.2) is 0 Å². The first-order valence-electron chi connectivity index (χ1n) is 8.78. The highest BCUT2D eigenvalue weighted by Gasteiger charge is 2.09. The van der Waals surface area contributed by atoms with E-state index in [2.05, 4.69) is 69.1 Å². The number of hydrogen-bond acceptors (Lipinski definition) is 2. The van der Waals surface area contributed by atoms with E-state index in [1.165, 1.54) is 41.8 Å². The van der Waals surface area contributed by atoms with Crippen LogP contribution in [0.3, 0.4) is 0 Å². The van der Waals surface area contributed by atoms with Crippen LogP contribution in [0.5, 0.6) is 0 Å². The van der Waals surface area contributed by atoms with Crippen molar-refractivity contribution < 1.29 is 0 Å². The van der Waals surface area contributed by atoms with E-state index in [1.807, 2.05) is 0 Å². The summed E-state index contributed by atoms with van der Waals surface area (Å²) in [5.74, 6) is 0. The Kier molecular flexibility index (Phi) is 8.91. The maximum atomic E-state index is 3.57. The van der Waals surface area contributed by atoms with Crippen LogP contribution in [0.15, 0.2) is 46.7 Å². The number of nitrogens with one attached hydrogen (secondary N) is 1. The van der Waals surface area contributed by atoms with Crippen LogP contribution in [0.4, 0.5) is 0 Å². The summed E-state index contributed by atoms with van der Waals surface area (Å²) in [5, 5.41) is 3.57. The third-order valence-electron chi connectivity index (χ3n) is 4.27. The van der Waals surface area contributed by atoms with Crippen molar-refractivity contribution in [3.63, 3.8) is 0 Å². The van der Waals surface area contributed by atoms with Crippen molar-refractivity contribution in [2.45, 2.75) is 53.9 Å². The van der Waals surface area contributed by atoms with E-state index in [9.17, 15) is 0 Å². The van der Waals surface area contributed by atoms with Crippen LogP contribution in [-0.2, 0) is 0 Å². The van der Waals surface area contributed by atoms with Crippen molar-refractivity contribution in [3.8, 4) is 0 Å². The molecule has 0 amide bonds. The Hall–Kier alpha value is -1.28. The van der Waals surface area contributed by atoms with Gasteiger partial charge in [-0.3, -0.25) is 4.90 Å². The SMILES string of the molecule is C/C=C(C)\C=C(\C)C1=CC=C(CN(CC)CCCC)CCN1. The van der Waals surface area contributed by atoms with Crippen LogP contribution in [0.1, 0.15) is 53.9 Å². The molecule has 0 unspecified atom stereocenters. The Morgan fingerprint density at radius 2 is 2.05 bits per heavy atom. The number of unbranched alkanes of at least 4 members (excludes halogenated alkanes) is 1. The van der Waals surface area contributed by atoms with Gasteiger partial charge in [0.25, 0.3) is 0 Å². The fourth-order valence-electron chi connectivity index (χ4n) is 2.62. The number of hydrogen-bond donors (Lipinski definition) is 1. The van der Waals surface area contributed by atoms with Gasteiger partial charge in [-0.1, -0.05) is 49.6 Å². The molecule has 22 heavy (non-hydrogen) atoms. The molecule has 0 spiro atoms. The second-order valence-electron chi connectivity index (χ2n) is 6.16. The highest BCUT2D eigenvalue weighted by Crippen LogP contribution is 2.15. The average molecular weight is 303 g/mol. The molecular weight excluding hydrogens is 268 g/mol. The van der Waals surface area contributed by atoms with Gasteiger partial charge < -0.3 is 5.32 Å². The molecule has 0 aromatic heterocycles. The summed E-state index contributed by atoms with van der Waals surface area (Å²) in [6, 6.07) is 0. The van der Waals surface area contributed by atoms with Crippen molar-refractivity contribution in [1.82, 2.24) is 10.2 Å². The van der Waals surface area contributed by atoms with Gasteiger partial charge in [-0.2, -0.15) is 0 Å². The third kappa shape index (κ3) is 6.65. The summed E-state index contributed by atoms with van der Waals surface area (Å²) >= 11 is 0. The lowest BCUT2D eigenvalue weighted by molar-refractivity contribution is 0.304. The summed E-state index contributed by atoms with van der Waals surface area (Å²) in [7, 11) is 0. The van der Waals surface area contributed by atoms with Crippen LogP contribution >= 0.6 is 0 Å². The van der Waals surface area contributed by atoms with Gasteiger partial charge in [0.2, 0.25) is 0 Å². The van der Waals surface area contributed by atoms with Gasteiger partial charge in [0, 0.05) is 18.8 Å². The molecule has 1 aliphatic rings. The molecule has 0 aromatic carbocycles. The molecule has 2 heteroatoms. The molecule has 0 bridgehead atoms. The van der Waals surface area contributed by atoms with E-state index in [1.54, 1.807) is 0 Å². The van der Waals surface area contributed by atoms with Gasteiger partial charge in [0.1, 0.15) is 0 Å². The van der Waals surface area contributed by atoms with E-state index in [-0.39, 0.29) is 0 Å². The van der Waals surface area contributed by atoms with Crippen molar-refractivity contribution in [3.05, 3.63) is 46.7 Å². The van der Waals surface area contributed by atoms with Crippen LogP contribution in [0.25, 0.3) is 0 Å². The van der Waals surface area contributed by atoms with Gasteiger partial charge in [0.15, 0.2) is 0 Å². The number of allylic oxidation sites excluding steroid dienone is 6. The Labute approximate surface area is 137 Å². The van der Waals surface area contributed by atoms with Gasteiger partial charge >= 0.3 is 0 Å². The van der Waals surface area contributed by atoms with Gasteiger partial charge in [0.05, 0.1) is 0 Å². The largest absolute Gasteiger partial charge is 0.385 e. The first-order valence-corrected chi connectivity index (χ1v) is 8.78. The number of rotatable bonds is 8. The summed E-state index contributed by atoms with van der Waals surface area (Å²) in [6.07, 6.45) is 12.7. The highest BCUT2D eigenvalue weighted by atomic mass is 15.1. The predicted molar refractivity (Wildman–Crippen MR) is 99.0 cm³/mol. The molecule has 1 N–H and O–H groups in total. The molecule has 0 radical (unpaired) electrons. The van der Waals surface area contributed by atoms with Crippen LogP contribution < -0.4 is 5.32 Å². The van der Waals surface area contributed by atoms with Crippen LogP contribution in [0, 0.1) is 0 Å². The van der Waals surface area contributed by atoms with Crippen molar-refractivity contribution in [2.75, 3.05) is 26.2 Å². The lowest BCUT2D eigenvalue weighted by Gasteiger charge is -2.21. The summed E-state index contributed by atoms with van der Waals surface area (Å²) in [4.78, 5) is 2.56. The Balaban J connectivity index is 2.73. The summed E-state index contributed by atoms with van der Waals surface area (Å²) < 4.78 is 0. The molecule has 2 nitrogen and oxygen atoms in total. The summed E-state index contributed by atoms with van der Waals surface area (Å²) in [6.45, 7) is 15.4. The molecule has 0 atom stereocenters. The fraction of sp³-hybridized carbons (Fsp3) is 0.600. The van der Waals surface area contributed by atoms with Crippen molar-refractivity contribution >= 4 is 0 Å². The van der Waals surface area contributed by atoms with Gasteiger partial charge in [-0.05, 0) is 58.4 Å². The average Bonchev–Trinajstić information content (AvgIpc) is 2.76. The molecule has 0 aromatic rings. The number of nitrogens with zero attached hydrogens (tertiary/aromatic N) is 1. The molecule has 0 saturated carbocycles. The molecule has 0 saturated heterocycles. The summed E-state index contributed by atoms with van der Waals surface area (Å²) in [5.41, 5.74) is 5.42. The van der Waals surface area contributed by atoms with E-state index in [0.717, 1.165) is 26.1 Å². The maximum Gasteiger partial charge on any atom is 0.0370 e. The highest BCUT2D eigenvalue weighted by molar-refractivity contribution is 5.37. The van der Waals surface area contributed by atoms with Gasteiger partial charge in [-0.15, -0.1) is 0 Å². The molecule has 1 aliphatic heterocycles. The normalized spacial score (nSPS) is 17.0. The van der Waals surface area contributed by atoms with Crippen LogP contribution in [0.2, 0.25) is 0 Å². The van der Waals surface area contributed by atoms with Crippen molar-refractivity contribution in [1.29, 1.82) is 0 Å². The maximum absolute atomic E-state index is 3.57.